The minimum absolute atomic E-state index is 0.303. The Bertz CT molecular complexity index is 793. The lowest BCUT2D eigenvalue weighted by molar-refractivity contribution is -0.131. The Morgan fingerprint density at radius 3 is 1.04 bits per heavy atom. The molecule has 0 aromatic heterocycles. The fraction of sp³-hybridized carbons (Fsp3) is 0.975. The monoisotopic (exact) mass is 704 g/mol. The van der Waals surface area contributed by atoms with E-state index < -0.39 is 40.0 Å². The van der Waals surface area contributed by atoms with Crippen LogP contribution in [0.2, 0.25) is 0 Å². The molecular formula is C40H81NO6S. The zero-order chi connectivity index (χ0) is 35.6. The van der Waals surface area contributed by atoms with Gasteiger partial charge in [0.1, 0.15) is 6.10 Å². The van der Waals surface area contributed by atoms with E-state index in [0.29, 0.717) is 12.8 Å². The normalized spacial score (nSPS) is 13.9. The maximum atomic E-state index is 12.6. The Kier molecular flexibility index (Phi) is 34.2. The molecule has 0 fully saturated rings. The van der Waals surface area contributed by atoms with Crippen molar-refractivity contribution in [1.29, 1.82) is 0 Å². The Balaban J connectivity index is 3.94. The molecule has 0 bridgehead atoms. The summed E-state index contributed by atoms with van der Waals surface area (Å²) in [7, 11) is -4.40. The predicted molar refractivity (Wildman–Crippen MR) is 204 cm³/mol. The number of aliphatic hydroxyl groups excluding tert-OH is 2. The number of unbranched alkanes of at least 4 members (excludes halogenated alkanes) is 29. The van der Waals surface area contributed by atoms with Crippen LogP contribution in [-0.4, -0.2) is 53.1 Å². The smallest absolute Gasteiger partial charge is 0.266 e. The van der Waals surface area contributed by atoms with Crippen LogP contribution >= 0.6 is 0 Å². The van der Waals surface area contributed by atoms with E-state index in [9.17, 15) is 28.0 Å². The van der Waals surface area contributed by atoms with Gasteiger partial charge in [-0.25, -0.2) is 0 Å². The summed E-state index contributed by atoms with van der Waals surface area (Å²) in [5.41, 5.74) is 0. The van der Waals surface area contributed by atoms with E-state index in [2.05, 4.69) is 19.2 Å². The summed E-state index contributed by atoms with van der Waals surface area (Å²) in [6.07, 6.45) is 36.9. The van der Waals surface area contributed by atoms with Gasteiger partial charge in [-0.05, 0) is 12.8 Å². The molecule has 0 radical (unpaired) electrons. The topological polar surface area (TPSA) is 124 Å². The van der Waals surface area contributed by atoms with Crippen LogP contribution in [0.3, 0.4) is 0 Å². The summed E-state index contributed by atoms with van der Waals surface area (Å²) in [4.78, 5) is 12.6. The average Bonchev–Trinajstić information content (AvgIpc) is 3.05. The highest BCUT2D eigenvalue weighted by atomic mass is 32.2. The van der Waals surface area contributed by atoms with Crippen molar-refractivity contribution in [2.75, 3.05) is 5.75 Å². The molecule has 0 rings (SSSR count). The molecular weight excluding hydrogens is 623 g/mol. The average molecular weight is 704 g/mol. The second-order valence-corrected chi connectivity index (χ2v) is 16.3. The molecule has 0 aromatic carbocycles. The Morgan fingerprint density at radius 2 is 0.750 bits per heavy atom. The van der Waals surface area contributed by atoms with Crippen LogP contribution in [0.1, 0.15) is 226 Å². The first-order chi connectivity index (χ1) is 23.2. The predicted octanol–water partition coefficient (Wildman–Crippen LogP) is 11.0. The molecule has 0 aliphatic rings. The summed E-state index contributed by atoms with van der Waals surface area (Å²) in [5, 5.41) is 23.5. The van der Waals surface area contributed by atoms with Crippen molar-refractivity contribution < 1.29 is 28.0 Å². The minimum Gasteiger partial charge on any atom is -0.391 e. The Morgan fingerprint density at radius 1 is 0.479 bits per heavy atom. The molecule has 0 spiro atoms. The number of aliphatic hydroxyl groups is 2. The molecule has 288 valence electrons. The van der Waals surface area contributed by atoms with Gasteiger partial charge >= 0.3 is 0 Å². The SMILES string of the molecule is CCCCCCCCCCCCCCCCCCCC(O)C(CS(=O)(=O)O)NC(=O)C(O)CCCCCCCCCCCCCCCC. The highest BCUT2D eigenvalue weighted by Crippen LogP contribution is 2.17. The van der Waals surface area contributed by atoms with E-state index >= 15 is 0 Å². The summed E-state index contributed by atoms with van der Waals surface area (Å²) >= 11 is 0. The van der Waals surface area contributed by atoms with Gasteiger partial charge in [-0.1, -0.05) is 213 Å². The van der Waals surface area contributed by atoms with Crippen LogP contribution < -0.4 is 5.32 Å². The first-order valence-electron chi connectivity index (χ1n) is 20.8. The third-order valence-corrected chi connectivity index (χ3v) is 10.7. The molecule has 0 heterocycles. The van der Waals surface area contributed by atoms with Crippen LogP contribution in [-0.2, 0) is 14.9 Å². The molecule has 0 aliphatic heterocycles. The highest BCUT2D eigenvalue weighted by Gasteiger charge is 2.28. The van der Waals surface area contributed by atoms with Gasteiger partial charge in [0.2, 0.25) is 5.91 Å². The van der Waals surface area contributed by atoms with Gasteiger partial charge in [0, 0.05) is 0 Å². The summed E-state index contributed by atoms with van der Waals surface area (Å²) in [6.45, 7) is 4.51. The molecule has 0 saturated heterocycles. The van der Waals surface area contributed by atoms with Crippen LogP contribution in [0.15, 0.2) is 0 Å². The van der Waals surface area contributed by atoms with Crippen molar-refractivity contribution in [2.24, 2.45) is 0 Å². The van der Waals surface area contributed by atoms with Crippen molar-refractivity contribution in [3.8, 4) is 0 Å². The number of hydrogen-bond donors (Lipinski definition) is 4. The van der Waals surface area contributed by atoms with E-state index in [-0.39, 0.29) is 0 Å². The summed E-state index contributed by atoms with van der Waals surface area (Å²) in [5.74, 6) is -1.44. The highest BCUT2D eigenvalue weighted by molar-refractivity contribution is 7.85. The van der Waals surface area contributed by atoms with E-state index in [1.165, 1.54) is 154 Å². The minimum atomic E-state index is -4.40. The van der Waals surface area contributed by atoms with Gasteiger partial charge < -0.3 is 15.5 Å². The number of carbonyl (C=O) groups excluding carboxylic acids is 1. The van der Waals surface area contributed by atoms with Crippen molar-refractivity contribution in [1.82, 2.24) is 5.32 Å². The zero-order valence-corrected chi connectivity index (χ0v) is 32.6. The molecule has 3 atom stereocenters. The van der Waals surface area contributed by atoms with Gasteiger partial charge in [0.25, 0.3) is 10.1 Å². The maximum absolute atomic E-state index is 12.6. The first kappa shape index (κ1) is 47.3. The number of carbonyl (C=O) groups is 1. The van der Waals surface area contributed by atoms with Crippen molar-refractivity contribution in [2.45, 2.75) is 244 Å². The van der Waals surface area contributed by atoms with Crippen LogP contribution in [0.4, 0.5) is 0 Å². The molecule has 3 unspecified atom stereocenters. The third kappa shape index (κ3) is 33.8. The van der Waals surface area contributed by atoms with Gasteiger partial charge in [-0.2, -0.15) is 8.42 Å². The fourth-order valence-electron chi connectivity index (χ4n) is 6.70. The maximum Gasteiger partial charge on any atom is 0.266 e. The van der Waals surface area contributed by atoms with Crippen molar-refractivity contribution in [3.63, 3.8) is 0 Å². The molecule has 1 amide bonds. The van der Waals surface area contributed by atoms with Gasteiger partial charge in [0.15, 0.2) is 0 Å². The molecule has 4 N–H and O–H groups in total. The fourth-order valence-corrected chi connectivity index (χ4v) is 7.46. The molecule has 48 heavy (non-hydrogen) atoms. The quantitative estimate of drug-likeness (QED) is 0.0375. The summed E-state index contributed by atoms with van der Waals surface area (Å²) < 4.78 is 32.6. The zero-order valence-electron chi connectivity index (χ0n) is 31.7. The van der Waals surface area contributed by atoms with E-state index in [0.717, 1.165) is 44.9 Å². The lowest BCUT2D eigenvalue weighted by Crippen LogP contribution is -2.50. The molecule has 7 nitrogen and oxygen atoms in total. The third-order valence-electron chi connectivity index (χ3n) is 9.92. The molecule has 0 aliphatic carbocycles. The van der Waals surface area contributed by atoms with Crippen molar-refractivity contribution in [3.05, 3.63) is 0 Å². The lowest BCUT2D eigenvalue weighted by Gasteiger charge is -2.24. The van der Waals surface area contributed by atoms with Crippen LogP contribution in [0, 0.1) is 0 Å². The van der Waals surface area contributed by atoms with E-state index in [4.69, 9.17) is 0 Å². The van der Waals surface area contributed by atoms with Gasteiger partial charge in [-0.3, -0.25) is 9.35 Å². The largest absolute Gasteiger partial charge is 0.391 e. The van der Waals surface area contributed by atoms with Crippen LogP contribution in [0.5, 0.6) is 0 Å². The molecule has 0 aromatic rings. The number of amides is 1. The number of nitrogens with one attached hydrogen (secondary N) is 1. The summed E-state index contributed by atoms with van der Waals surface area (Å²) in [6, 6.07) is -1.14. The van der Waals surface area contributed by atoms with Gasteiger partial charge in [-0.15, -0.1) is 0 Å². The number of hydrogen-bond acceptors (Lipinski definition) is 5. The number of rotatable bonds is 38. The Hall–Kier alpha value is -0.700. The Labute approximate surface area is 298 Å². The van der Waals surface area contributed by atoms with Gasteiger partial charge in [0.05, 0.1) is 17.9 Å². The second-order valence-electron chi connectivity index (χ2n) is 14.8. The van der Waals surface area contributed by atoms with Crippen LogP contribution in [0.25, 0.3) is 0 Å². The second kappa shape index (κ2) is 34.7. The molecule has 8 heteroatoms. The molecule has 0 saturated carbocycles. The van der Waals surface area contributed by atoms with Crippen molar-refractivity contribution >= 4 is 16.0 Å². The van der Waals surface area contributed by atoms with E-state index in [1.54, 1.807) is 0 Å². The van der Waals surface area contributed by atoms with E-state index in [1.807, 2.05) is 0 Å². The standard InChI is InChI=1S/C40H81NO6S/c1-3-5-7-9-11-13-15-17-19-20-21-23-24-26-28-30-32-34-38(42)37(36-48(45,46)47)41-40(44)39(43)35-33-31-29-27-25-22-18-16-14-12-10-8-6-4-2/h37-39,42-43H,3-36H2,1-2H3,(H,41,44)(H,45,46,47). The first-order valence-corrected chi connectivity index (χ1v) is 22.4. The lowest BCUT2D eigenvalue weighted by atomic mass is 10.0.